The lowest BCUT2D eigenvalue weighted by atomic mass is 9.99. The lowest BCUT2D eigenvalue weighted by Crippen LogP contribution is -2.08. The Balaban J connectivity index is 2.33. The van der Waals surface area contributed by atoms with Crippen LogP contribution in [0.2, 0.25) is 0 Å². The fourth-order valence-corrected chi connectivity index (χ4v) is 1.31. The third-order valence-corrected chi connectivity index (χ3v) is 2.19. The molecule has 0 radical (unpaired) electrons. The second-order valence-corrected chi connectivity index (χ2v) is 3.80. The van der Waals surface area contributed by atoms with Crippen molar-refractivity contribution in [3.63, 3.8) is 0 Å². The molecule has 1 aromatic heterocycles. The average molecular weight is 206 g/mol. The Labute approximate surface area is 86.9 Å². The van der Waals surface area contributed by atoms with Gasteiger partial charge in [0.2, 0.25) is 12.2 Å². The minimum Gasteiger partial charge on any atom is -0.342 e. The Bertz CT molecular complexity index is 429. The highest BCUT2D eigenvalue weighted by Gasteiger charge is 2.18. The summed E-state index contributed by atoms with van der Waals surface area (Å²) in [5.41, 5.74) is 0.127. The van der Waals surface area contributed by atoms with Crippen LogP contribution in [0.15, 0.2) is 35.2 Å². The third kappa shape index (κ3) is 2.03. The number of aromatic nitrogens is 2. The zero-order valence-electron chi connectivity index (χ0n) is 8.57. The molecular weight excluding hydrogens is 195 g/mol. The number of nitrogens with zero attached hydrogens (tertiary/aromatic N) is 2. The van der Waals surface area contributed by atoms with Gasteiger partial charge in [-0.1, -0.05) is 29.4 Å². The van der Waals surface area contributed by atoms with Crippen molar-refractivity contribution >= 4 is 0 Å². The van der Waals surface area contributed by atoms with E-state index in [1.165, 1.54) is 20.2 Å². The maximum Gasteiger partial charge on any atom is 0.214 e. The molecule has 15 heavy (non-hydrogen) atoms. The predicted octanol–water partition coefficient (Wildman–Crippen LogP) is 2.94. The van der Waals surface area contributed by atoms with Crippen LogP contribution < -0.4 is 0 Å². The molecule has 0 aliphatic carbocycles. The van der Waals surface area contributed by atoms with Gasteiger partial charge >= 0.3 is 0 Å². The minimum absolute atomic E-state index is 0.512. The molecule has 0 amide bonds. The van der Waals surface area contributed by atoms with Gasteiger partial charge in [0.25, 0.3) is 0 Å². The van der Waals surface area contributed by atoms with E-state index in [9.17, 15) is 4.39 Å². The van der Waals surface area contributed by atoms with Crippen molar-refractivity contribution in [1.29, 1.82) is 0 Å². The highest BCUT2D eigenvalue weighted by molar-refractivity contribution is 5.54. The molecule has 0 aliphatic heterocycles. The first-order valence-corrected chi connectivity index (χ1v) is 4.63. The number of halogens is 1. The normalized spacial score (nSPS) is 11.7. The summed E-state index contributed by atoms with van der Waals surface area (Å²) >= 11 is 0. The molecule has 0 saturated heterocycles. The number of alkyl halides is 1. The van der Waals surface area contributed by atoms with Crippen LogP contribution in [0.5, 0.6) is 0 Å². The molecule has 4 heteroatoms. The van der Waals surface area contributed by atoms with E-state index in [2.05, 4.69) is 14.7 Å². The molecule has 0 spiro atoms. The smallest absolute Gasteiger partial charge is 0.214 e. The summed E-state index contributed by atoms with van der Waals surface area (Å²) in [5, 5.41) is 3.70. The second kappa shape index (κ2) is 3.46. The van der Waals surface area contributed by atoms with Gasteiger partial charge in [0, 0.05) is 5.56 Å². The highest BCUT2D eigenvalue weighted by atomic mass is 19.1. The van der Waals surface area contributed by atoms with Crippen LogP contribution in [0.3, 0.4) is 0 Å². The van der Waals surface area contributed by atoms with E-state index in [1.54, 1.807) is 24.3 Å². The van der Waals surface area contributed by atoms with E-state index in [4.69, 9.17) is 0 Å². The first kappa shape index (κ1) is 9.83. The first-order valence-electron chi connectivity index (χ1n) is 4.63. The van der Waals surface area contributed by atoms with Gasteiger partial charge in [-0.05, 0) is 19.4 Å². The number of hydrogen-bond donors (Lipinski definition) is 0. The summed E-state index contributed by atoms with van der Waals surface area (Å²) in [6.07, 6.45) is 1.27. The standard InChI is InChI=1S/C11H11FN2O/c1-11(2,12)9-5-3-8(4-6-9)10-13-7-15-14-10/h3-7H,1-2H3. The summed E-state index contributed by atoms with van der Waals surface area (Å²) in [6, 6.07) is 7.01. The fourth-order valence-electron chi connectivity index (χ4n) is 1.31. The Kier molecular flexibility index (Phi) is 2.26. The summed E-state index contributed by atoms with van der Waals surface area (Å²) in [5.74, 6) is 0.512. The van der Waals surface area contributed by atoms with Crippen molar-refractivity contribution < 1.29 is 8.91 Å². The van der Waals surface area contributed by atoms with Crippen LogP contribution in [-0.4, -0.2) is 10.1 Å². The van der Waals surface area contributed by atoms with Crippen molar-refractivity contribution in [2.75, 3.05) is 0 Å². The third-order valence-electron chi connectivity index (χ3n) is 2.19. The van der Waals surface area contributed by atoms with E-state index in [1.807, 2.05) is 0 Å². The zero-order chi connectivity index (χ0) is 10.9. The van der Waals surface area contributed by atoms with Gasteiger partial charge < -0.3 is 4.52 Å². The maximum absolute atomic E-state index is 13.5. The lowest BCUT2D eigenvalue weighted by Gasteiger charge is -2.14. The summed E-state index contributed by atoms with van der Waals surface area (Å²) in [4.78, 5) is 3.91. The van der Waals surface area contributed by atoms with Gasteiger partial charge in [-0.2, -0.15) is 4.98 Å². The van der Waals surface area contributed by atoms with E-state index in [0.29, 0.717) is 11.4 Å². The molecule has 0 bridgehead atoms. The van der Waals surface area contributed by atoms with Crippen LogP contribution in [0.25, 0.3) is 11.4 Å². The molecule has 1 aromatic carbocycles. The SMILES string of the molecule is CC(C)(F)c1ccc(-c2ncon2)cc1. The largest absolute Gasteiger partial charge is 0.342 e. The summed E-state index contributed by atoms with van der Waals surface area (Å²) in [7, 11) is 0. The van der Waals surface area contributed by atoms with Crippen LogP contribution in [0.4, 0.5) is 4.39 Å². The molecule has 2 rings (SSSR count). The summed E-state index contributed by atoms with van der Waals surface area (Å²) < 4.78 is 18.2. The zero-order valence-corrected chi connectivity index (χ0v) is 8.57. The number of benzene rings is 1. The van der Waals surface area contributed by atoms with Gasteiger partial charge in [0.1, 0.15) is 5.67 Å². The van der Waals surface area contributed by atoms with E-state index in [0.717, 1.165) is 5.56 Å². The molecule has 1 heterocycles. The van der Waals surface area contributed by atoms with E-state index in [-0.39, 0.29) is 0 Å². The Morgan fingerprint density at radius 1 is 1.20 bits per heavy atom. The minimum atomic E-state index is -1.32. The van der Waals surface area contributed by atoms with Crippen molar-refractivity contribution in [2.45, 2.75) is 19.5 Å². The molecule has 78 valence electrons. The van der Waals surface area contributed by atoms with Gasteiger partial charge in [0.15, 0.2) is 0 Å². The average Bonchev–Trinajstić information content (AvgIpc) is 2.69. The van der Waals surface area contributed by atoms with Crippen LogP contribution in [0.1, 0.15) is 19.4 Å². The Hall–Kier alpha value is -1.71. The molecule has 0 saturated carbocycles. The first-order chi connectivity index (χ1) is 7.07. The number of rotatable bonds is 2. The van der Waals surface area contributed by atoms with Gasteiger partial charge in [0.05, 0.1) is 0 Å². The van der Waals surface area contributed by atoms with E-state index >= 15 is 0 Å². The maximum atomic E-state index is 13.5. The lowest BCUT2D eigenvalue weighted by molar-refractivity contribution is 0.221. The van der Waals surface area contributed by atoms with Gasteiger partial charge in [-0.15, -0.1) is 0 Å². The Morgan fingerprint density at radius 3 is 2.33 bits per heavy atom. The molecule has 0 atom stereocenters. The number of hydrogen-bond acceptors (Lipinski definition) is 3. The molecule has 2 aromatic rings. The molecule has 3 nitrogen and oxygen atoms in total. The van der Waals surface area contributed by atoms with Crippen molar-refractivity contribution in [3.05, 3.63) is 36.2 Å². The molecule has 0 fully saturated rings. The van der Waals surface area contributed by atoms with Crippen LogP contribution in [-0.2, 0) is 5.67 Å². The Morgan fingerprint density at radius 2 is 1.87 bits per heavy atom. The monoisotopic (exact) mass is 206 g/mol. The summed E-state index contributed by atoms with van der Waals surface area (Å²) in [6.45, 7) is 3.05. The highest BCUT2D eigenvalue weighted by Crippen LogP contribution is 2.26. The molecule has 0 N–H and O–H groups in total. The topological polar surface area (TPSA) is 38.9 Å². The molecule has 0 unspecified atom stereocenters. The molecule has 0 aliphatic rings. The van der Waals surface area contributed by atoms with Crippen LogP contribution in [0, 0.1) is 0 Å². The molecular formula is C11H11FN2O. The second-order valence-electron chi connectivity index (χ2n) is 3.80. The van der Waals surface area contributed by atoms with Gasteiger partial charge in [-0.25, -0.2) is 4.39 Å². The van der Waals surface area contributed by atoms with E-state index < -0.39 is 5.67 Å². The van der Waals surface area contributed by atoms with Crippen molar-refractivity contribution in [2.24, 2.45) is 0 Å². The fraction of sp³-hybridized carbons (Fsp3) is 0.273. The van der Waals surface area contributed by atoms with Crippen molar-refractivity contribution in [3.8, 4) is 11.4 Å². The van der Waals surface area contributed by atoms with Crippen LogP contribution >= 0.6 is 0 Å². The predicted molar refractivity (Wildman–Crippen MR) is 53.9 cm³/mol. The quantitative estimate of drug-likeness (QED) is 0.758. The van der Waals surface area contributed by atoms with Crippen molar-refractivity contribution in [1.82, 2.24) is 10.1 Å². The van der Waals surface area contributed by atoms with Gasteiger partial charge in [-0.3, -0.25) is 0 Å².